The van der Waals surface area contributed by atoms with E-state index >= 15 is 0 Å². The Labute approximate surface area is 152 Å². The van der Waals surface area contributed by atoms with Gasteiger partial charge in [-0.1, -0.05) is 6.07 Å². The number of amides is 1. The maximum Gasteiger partial charge on any atom is 0.271 e. The first kappa shape index (κ1) is 18.2. The molecule has 4 N–H and O–H groups in total. The van der Waals surface area contributed by atoms with Crippen LogP contribution in [0.3, 0.4) is 0 Å². The molecule has 0 radical (unpaired) electrons. The smallest absolute Gasteiger partial charge is 0.271 e. The number of aromatic nitrogens is 3. The number of anilines is 2. The summed E-state index contributed by atoms with van der Waals surface area (Å²) in [6.07, 6.45) is 1.84. The molecule has 0 aliphatic carbocycles. The molecule has 3 heterocycles. The molecule has 2 aromatic heterocycles. The van der Waals surface area contributed by atoms with Crippen LogP contribution in [0.1, 0.15) is 21.6 Å². The monoisotopic (exact) mass is 357 g/mol. The lowest BCUT2D eigenvalue weighted by molar-refractivity contribution is 0.0341. The Kier molecular flexibility index (Phi) is 6.05. The number of nitrogens with two attached hydrogens (primary N) is 1. The lowest BCUT2D eigenvalue weighted by Crippen LogP contribution is -2.35. The van der Waals surface area contributed by atoms with Crippen molar-refractivity contribution in [3.63, 3.8) is 0 Å². The zero-order chi connectivity index (χ0) is 18.4. The Morgan fingerprint density at radius 2 is 2.08 bits per heavy atom. The van der Waals surface area contributed by atoms with Gasteiger partial charge in [0.25, 0.3) is 5.91 Å². The van der Waals surface area contributed by atoms with Crippen molar-refractivity contribution < 1.29 is 9.53 Å². The van der Waals surface area contributed by atoms with Gasteiger partial charge in [-0.3, -0.25) is 9.69 Å². The number of carbonyl (C=O) groups excluding carboxylic acids is 1. The SMILES string of the molecule is CNC(=O)c1nnc(Nc2ccc(CN3CCOCC3)cn2)cc1CN. The summed E-state index contributed by atoms with van der Waals surface area (Å²) >= 11 is 0. The summed E-state index contributed by atoms with van der Waals surface area (Å²) < 4.78 is 5.36. The summed E-state index contributed by atoms with van der Waals surface area (Å²) in [6, 6.07) is 5.63. The van der Waals surface area contributed by atoms with Gasteiger partial charge in [0.15, 0.2) is 11.5 Å². The highest BCUT2D eigenvalue weighted by Gasteiger charge is 2.14. The van der Waals surface area contributed by atoms with Crippen molar-refractivity contribution in [3.8, 4) is 0 Å². The number of carbonyl (C=O) groups is 1. The molecule has 1 aliphatic heterocycles. The average molecular weight is 357 g/mol. The highest BCUT2D eigenvalue weighted by atomic mass is 16.5. The molecule has 9 heteroatoms. The van der Waals surface area contributed by atoms with Crippen molar-refractivity contribution in [3.05, 3.63) is 41.2 Å². The largest absolute Gasteiger partial charge is 0.379 e. The number of pyridine rings is 1. The molecule has 0 unspecified atom stereocenters. The van der Waals surface area contributed by atoms with Crippen molar-refractivity contribution in [2.75, 3.05) is 38.7 Å². The van der Waals surface area contributed by atoms with E-state index in [0.717, 1.165) is 38.4 Å². The van der Waals surface area contributed by atoms with Gasteiger partial charge in [0.1, 0.15) is 5.82 Å². The Hall–Kier alpha value is -2.62. The molecule has 0 aromatic carbocycles. The van der Waals surface area contributed by atoms with Gasteiger partial charge >= 0.3 is 0 Å². The van der Waals surface area contributed by atoms with Gasteiger partial charge < -0.3 is 21.1 Å². The summed E-state index contributed by atoms with van der Waals surface area (Å²) in [6.45, 7) is 4.49. The zero-order valence-corrected chi connectivity index (χ0v) is 14.7. The number of hydrogen-bond donors (Lipinski definition) is 3. The molecule has 9 nitrogen and oxygen atoms in total. The molecule has 0 bridgehead atoms. The molecule has 1 saturated heterocycles. The summed E-state index contributed by atoms with van der Waals surface area (Å²) in [5.74, 6) is 0.835. The second kappa shape index (κ2) is 8.65. The third kappa shape index (κ3) is 4.51. The van der Waals surface area contributed by atoms with E-state index in [4.69, 9.17) is 10.5 Å². The molecule has 0 spiro atoms. The first-order valence-corrected chi connectivity index (χ1v) is 8.50. The second-order valence-corrected chi connectivity index (χ2v) is 5.95. The predicted octanol–water partition coefficient (Wildman–Crippen LogP) is 0.266. The predicted molar refractivity (Wildman–Crippen MR) is 96.9 cm³/mol. The summed E-state index contributed by atoms with van der Waals surface area (Å²) in [7, 11) is 1.54. The van der Waals surface area contributed by atoms with Gasteiger partial charge in [0, 0.05) is 45.0 Å². The Morgan fingerprint density at radius 1 is 1.27 bits per heavy atom. The first-order valence-electron chi connectivity index (χ1n) is 8.50. The third-order valence-electron chi connectivity index (χ3n) is 4.13. The second-order valence-electron chi connectivity index (χ2n) is 5.95. The quantitative estimate of drug-likeness (QED) is 0.674. The van der Waals surface area contributed by atoms with Crippen molar-refractivity contribution in [1.29, 1.82) is 0 Å². The van der Waals surface area contributed by atoms with Gasteiger partial charge in [0.05, 0.1) is 13.2 Å². The molecule has 1 aliphatic rings. The van der Waals surface area contributed by atoms with Crippen molar-refractivity contribution in [2.45, 2.75) is 13.1 Å². The molecule has 3 rings (SSSR count). The van der Waals surface area contributed by atoms with Crippen LogP contribution in [-0.4, -0.2) is 59.3 Å². The number of morpholine rings is 1. The number of ether oxygens (including phenoxy) is 1. The van der Waals surface area contributed by atoms with Crippen molar-refractivity contribution >= 4 is 17.5 Å². The van der Waals surface area contributed by atoms with Gasteiger partial charge in [-0.2, -0.15) is 0 Å². The Morgan fingerprint density at radius 3 is 2.73 bits per heavy atom. The van der Waals surface area contributed by atoms with E-state index in [2.05, 4.69) is 30.7 Å². The van der Waals surface area contributed by atoms with Crippen molar-refractivity contribution in [1.82, 2.24) is 25.4 Å². The van der Waals surface area contributed by atoms with Crippen LogP contribution in [0, 0.1) is 0 Å². The number of hydrogen-bond acceptors (Lipinski definition) is 8. The van der Waals surface area contributed by atoms with E-state index in [-0.39, 0.29) is 18.1 Å². The lowest BCUT2D eigenvalue weighted by Gasteiger charge is -2.26. The molecule has 0 saturated carbocycles. The van der Waals surface area contributed by atoms with Gasteiger partial charge in [0.2, 0.25) is 0 Å². The number of nitrogens with zero attached hydrogens (tertiary/aromatic N) is 4. The standard InChI is InChI=1S/C17H23N7O2/c1-19-17(25)16-13(9-18)8-15(22-23-16)21-14-3-2-12(10-20-14)11-24-4-6-26-7-5-24/h2-3,8,10H,4-7,9,11,18H2,1H3,(H,19,25)(H,20,21,22). The van der Waals surface area contributed by atoms with Crippen LogP contribution in [0.4, 0.5) is 11.6 Å². The molecular formula is C17H23N7O2. The van der Waals surface area contributed by atoms with Crippen LogP contribution in [0.25, 0.3) is 0 Å². The number of rotatable bonds is 6. The van der Waals surface area contributed by atoms with E-state index < -0.39 is 0 Å². The van der Waals surface area contributed by atoms with Crippen LogP contribution in [0.2, 0.25) is 0 Å². The topological polar surface area (TPSA) is 118 Å². The van der Waals surface area contributed by atoms with Crippen LogP contribution in [-0.2, 0) is 17.8 Å². The fourth-order valence-corrected chi connectivity index (χ4v) is 2.70. The molecule has 2 aromatic rings. The highest BCUT2D eigenvalue weighted by Crippen LogP contribution is 2.16. The van der Waals surface area contributed by atoms with Gasteiger partial charge in [-0.25, -0.2) is 4.98 Å². The van der Waals surface area contributed by atoms with E-state index in [1.807, 2.05) is 18.3 Å². The summed E-state index contributed by atoms with van der Waals surface area (Å²) in [5.41, 5.74) is 7.70. The summed E-state index contributed by atoms with van der Waals surface area (Å²) in [4.78, 5) is 18.5. The normalized spacial score (nSPS) is 14.8. The van der Waals surface area contributed by atoms with Gasteiger partial charge in [-0.15, -0.1) is 10.2 Å². The van der Waals surface area contributed by atoms with Crippen LogP contribution in [0.5, 0.6) is 0 Å². The lowest BCUT2D eigenvalue weighted by atomic mass is 10.2. The van der Waals surface area contributed by atoms with E-state index in [1.54, 1.807) is 13.1 Å². The molecular weight excluding hydrogens is 334 g/mol. The maximum atomic E-state index is 11.8. The molecule has 0 atom stereocenters. The van der Waals surface area contributed by atoms with E-state index in [1.165, 1.54) is 0 Å². The van der Waals surface area contributed by atoms with E-state index in [9.17, 15) is 4.79 Å². The Balaban J connectivity index is 1.66. The highest BCUT2D eigenvalue weighted by molar-refractivity contribution is 5.93. The number of nitrogens with one attached hydrogen (secondary N) is 2. The fraction of sp³-hybridized carbons (Fsp3) is 0.412. The molecule has 138 valence electrons. The molecule has 1 amide bonds. The first-order chi connectivity index (χ1) is 12.7. The molecule has 1 fully saturated rings. The summed E-state index contributed by atoms with van der Waals surface area (Å²) in [5, 5.41) is 13.6. The minimum absolute atomic E-state index is 0.193. The van der Waals surface area contributed by atoms with Crippen molar-refractivity contribution in [2.24, 2.45) is 5.73 Å². The van der Waals surface area contributed by atoms with Gasteiger partial charge in [-0.05, 0) is 17.7 Å². The van der Waals surface area contributed by atoms with Crippen LogP contribution >= 0.6 is 0 Å². The third-order valence-corrected chi connectivity index (χ3v) is 4.13. The maximum absolute atomic E-state index is 11.8. The van der Waals surface area contributed by atoms with E-state index in [0.29, 0.717) is 17.2 Å². The van der Waals surface area contributed by atoms with Crippen LogP contribution in [0.15, 0.2) is 24.4 Å². The Bertz CT molecular complexity index is 745. The minimum atomic E-state index is -0.310. The fourth-order valence-electron chi connectivity index (χ4n) is 2.70. The van der Waals surface area contributed by atoms with Crippen LogP contribution < -0.4 is 16.4 Å². The minimum Gasteiger partial charge on any atom is -0.379 e. The molecule has 26 heavy (non-hydrogen) atoms. The average Bonchev–Trinajstić information content (AvgIpc) is 2.69. The zero-order valence-electron chi connectivity index (χ0n) is 14.7.